The van der Waals surface area contributed by atoms with Crippen LogP contribution in [0, 0.1) is 5.92 Å². The molecule has 0 aliphatic carbocycles. The fourth-order valence-corrected chi connectivity index (χ4v) is 1.54. The molecular formula is C15H23NO2. The van der Waals surface area contributed by atoms with Gasteiger partial charge in [-0.05, 0) is 37.0 Å². The largest absolute Gasteiger partial charge is 0.481 e. The summed E-state index contributed by atoms with van der Waals surface area (Å²) in [7, 11) is 0. The number of carbonyl (C=O) groups excluding carboxylic acids is 1. The fraction of sp³-hybridized carbons (Fsp3) is 0.533. The van der Waals surface area contributed by atoms with Crippen molar-refractivity contribution < 1.29 is 9.53 Å². The van der Waals surface area contributed by atoms with Crippen LogP contribution in [0.5, 0.6) is 5.75 Å². The van der Waals surface area contributed by atoms with E-state index in [0.29, 0.717) is 12.5 Å². The number of hydrogen-bond acceptors (Lipinski definition) is 2. The summed E-state index contributed by atoms with van der Waals surface area (Å²) < 4.78 is 5.64. The van der Waals surface area contributed by atoms with E-state index in [1.54, 1.807) is 6.92 Å². The van der Waals surface area contributed by atoms with Gasteiger partial charge in [0.25, 0.3) is 5.91 Å². The Morgan fingerprint density at radius 1 is 1.33 bits per heavy atom. The van der Waals surface area contributed by atoms with Crippen molar-refractivity contribution in [2.45, 2.75) is 40.2 Å². The summed E-state index contributed by atoms with van der Waals surface area (Å²) in [5.41, 5.74) is 1.21. The van der Waals surface area contributed by atoms with Crippen molar-refractivity contribution >= 4 is 5.91 Å². The topological polar surface area (TPSA) is 38.3 Å². The van der Waals surface area contributed by atoms with Crippen LogP contribution in [0.25, 0.3) is 0 Å². The maximum Gasteiger partial charge on any atom is 0.260 e. The molecule has 0 bridgehead atoms. The minimum absolute atomic E-state index is 0.0643. The zero-order chi connectivity index (χ0) is 13.5. The predicted octanol–water partition coefficient (Wildman–Crippen LogP) is 2.79. The Morgan fingerprint density at radius 2 is 2.06 bits per heavy atom. The van der Waals surface area contributed by atoms with Gasteiger partial charge in [-0.1, -0.05) is 32.9 Å². The molecule has 0 spiro atoms. The molecule has 3 nitrogen and oxygen atoms in total. The second-order valence-electron chi connectivity index (χ2n) is 4.90. The highest BCUT2D eigenvalue weighted by Crippen LogP contribution is 2.15. The zero-order valence-corrected chi connectivity index (χ0v) is 11.7. The Kier molecular flexibility index (Phi) is 5.69. The number of carbonyl (C=O) groups is 1. The second kappa shape index (κ2) is 7.04. The molecule has 1 unspecified atom stereocenters. The highest BCUT2D eigenvalue weighted by Gasteiger charge is 2.14. The number of amides is 1. The molecule has 1 aromatic rings. The lowest BCUT2D eigenvalue weighted by Crippen LogP contribution is -2.38. The van der Waals surface area contributed by atoms with Crippen LogP contribution in [0.15, 0.2) is 24.3 Å². The molecule has 1 rings (SSSR count). The van der Waals surface area contributed by atoms with Gasteiger partial charge in [-0.2, -0.15) is 0 Å². The normalized spacial score (nSPS) is 12.3. The lowest BCUT2D eigenvalue weighted by Gasteiger charge is -2.16. The number of nitrogens with one attached hydrogen (secondary N) is 1. The monoisotopic (exact) mass is 249 g/mol. The van der Waals surface area contributed by atoms with E-state index >= 15 is 0 Å². The molecule has 0 fully saturated rings. The van der Waals surface area contributed by atoms with E-state index in [2.05, 4.69) is 32.2 Å². The molecule has 0 aliphatic heterocycles. The van der Waals surface area contributed by atoms with Gasteiger partial charge in [0.2, 0.25) is 0 Å². The highest BCUT2D eigenvalue weighted by atomic mass is 16.5. The van der Waals surface area contributed by atoms with Gasteiger partial charge in [-0.3, -0.25) is 4.79 Å². The van der Waals surface area contributed by atoms with Crippen LogP contribution in [0.1, 0.15) is 33.3 Å². The fourth-order valence-electron chi connectivity index (χ4n) is 1.54. The number of hydrogen-bond donors (Lipinski definition) is 1. The molecule has 3 heteroatoms. The summed E-state index contributed by atoms with van der Waals surface area (Å²) in [5.74, 6) is 1.14. The van der Waals surface area contributed by atoms with Gasteiger partial charge in [-0.15, -0.1) is 0 Å². The van der Waals surface area contributed by atoms with E-state index < -0.39 is 6.10 Å². The summed E-state index contributed by atoms with van der Waals surface area (Å²) in [5, 5.41) is 2.87. The lowest BCUT2D eigenvalue weighted by molar-refractivity contribution is -0.127. The van der Waals surface area contributed by atoms with Crippen LogP contribution in [0.4, 0.5) is 0 Å². The van der Waals surface area contributed by atoms with E-state index in [9.17, 15) is 4.79 Å². The van der Waals surface area contributed by atoms with E-state index in [-0.39, 0.29) is 5.91 Å². The summed E-state index contributed by atoms with van der Waals surface area (Å²) in [6.07, 6.45) is 0.501. The minimum atomic E-state index is -0.462. The van der Waals surface area contributed by atoms with E-state index in [4.69, 9.17) is 4.74 Å². The number of benzene rings is 1. The minimum Gasteiger partial charge on any atom is -0.481 e. The van der Waals surface area contributed by atoms with Gasteiger partial charge in [0.05, 0.1) is 0 Å². The Hall–Kier alpha value is -1.51. The molecule has 1 N–H and O–H groups in total. The molecule has 18 heavy (non-hydrogen) atoms. The van der Waals surface area contributed by atoms with E-state index in [0.717, 1.165) is 12.2 Å². The summed E-state index contributed by atoms with van der Waals surface area (Å²) in [4.78, 5) is 11.8. The maximum absolute atomic E-state index is 11.8. The van der Waals surface area contributed by atoms with Crippen LogP contribution >= 0.6 is 0 Å². The van der Waals surface area contributed by atoms with Gasteiger partial charge in [0.15, 0.2) is 6.10 Å². The number of ether oxygens (including phenoxy) is 1. The predicted molar refractivity (Wildman–Crippen MR) is 73.8 cm³/mol. The zero-order valence-electron chi connectivity index (χ0n) is 11.7. The van der Waals surface area contributed by atoms with Crippen molar-refractivity contribution in [3.8, 4) is 5.75 Å². The van der Waals surface area contributed by atoms with Crippen molar-refractivity contribution in [1.29, 1.82) is 0 Å². The first kappa shape index (κ1) is 14.6. The van der Waals surface area contributed by atoms with Crippen LogP contribution in [0.3, 0.4) is 0 Å². The summed E-state index contributed by atoms with van der Waals surface area (Å²) in [6.45, 7) is 8.68. The third kappa shape index (κ3) is 4.78. The molecule has 1 amide bonds. The second-order valence-corrected chi connectivity index (χ2v) is 4.90. The quantitative estimate of drug-likeness (QED) is 0.842. The van der Waals surface area contributed by atoms with Crippen molar-refractivity contribution in [1.82, 2.24) is 5.32 Å². The summed E-state index contributed by atoms with van der Waals surface area (Å²) >= 11 is 0. The standard InChI is InChI=1S/C15H23NO2/c1-5-13-7-6-8-14(9-13)18-12(4)15(17)16-10-11(2)3/h6-9,11-12H,5,10H2,1-4H3,(H,16,17). The third-order valence-corrected chi connectivity index (χ3v) is 2.67. The highest BCUT2D eigenvalue weighted by molar-refractivity contribution is 5.80. The molecule has 0 aliphatic rings. The van der Waals surface area contributed by atoms with Gasteiger partial charge in [-0.25, -0.2) is 0 Å². The van der Waals surface area contributed by atoms with Gasteiger partial charge >= 0.3 is 0 Å². The first-order valence-electron chi connectivity index (χ1n) is 6.56. The Labute approximate surface area is 110 Å². The van der Waals surface area contributed by atoms with Crippen LogP contribution in [-0.4, -0.2) is 18.6 Å². The average molecular weight is 249 g/mol. The van der Waals surface area contributed by atoms with Gasteiger partial charge < -0.3 is 10.1 Å². The molecule has 1 aromatic carbocycles. The Morgan fingerprint density at radius 3 is 2.67 bits per heavy atom. The molecule has 0 saturated carbocycles. The van der Waals surface area contributed by atoms with Crippen LogP contribution < -0.4 is 10.1 Å². The maximum atomic E-state index is 11.8. The van der Waals surface area contributed by atoms with Crippen molar-refractivity contribution in [2.24, 2.45) is 5.92 Å². The molecule has 1 atom stereocenters. The molecule has 0 radical (unpaired) electrons. The van der Waals surface area contributed by atoms with E-state index in [1.807, 2.05) is 18.2 Å². The van der Waals surface area contributed by atoms with Gasteiger partial charge in [0.1, 0.15) is 5.75 Å². The first-order valence-corrected chi connectivity index (χ1v) is 6.56. The van der Waals surface area contributed by atoms with Gasteiger partial charge in [0, 0.05) is 6.54 Å². The SMILES string of the molecule is CCc1cccc(OC(C)C(=O)NCC(C)C)c1. The van der Waals surface area contributed by atoms with Crippen molar-refractivity contribution in [3.63, 3.8) is 0 Å². The Bertz CT molecular complexity index is 388. The molecule has 0 aromatic heterocycles. The molecule has 100 valence electrons. The number of aryl methyl sites for hydroxylation is 1. The Balaban J connectivity index is 2.52. The smallest absolute Gasteiger partial charge is 0.260 e. The molecule has 0 saturated heterocycles. The molecular weight excluding hydrogens is 226 g/mol. The number of rotatable bonds is 6. The lowest BCUT2D eigenvalue weighted by atomic mass is 10.2. The van der Waals surface area contributed by atoms with E-state index in [1.165, 1.54) is 5.56 Å². The van der Waals surface area contributed by atoms with Crippen LogP contribution in [0.2, 0.25) is 0 Å². The first-order chi connectivity index (χ1) is 8.52. The average Bonchev–Trinajstić information content (AvgIpc) is 2.36. The third-order valence-electron chi connectivity index (χ3n) is 2.67. The van der Waals surface area contributed by atoms with Crippen LogP contribution in [-0.2, 0) is 11.2 Å². The molecule has 0 heterocycles. The van der Waals surface area contributed by atoms with Crippen molar-refractivity contribution in [3.05, 3.63) is 29.8 Å². The summed E-state index contributed by atoms with van der Waals surface area (Å²) in [6, 6.07) is 7.86. The van der Waals surface area contributed by atoms with Crippen molar-refractivity contribution in [2.75, 3.05) is 6.54 Å².